The van der Waals surface area contributed by atoms with Crippen molar-refractivity contribution in [3.8, 4) is 0 Å². The van der Waals surface area contributed by atoms with Gasteiger partial charge in [0.15, 0.2) is 0 Å². The van der Waals surface area contributed by atoms with Gasteiger partial charge in [0.25, 0.3) is 11.5 Å². The van der Waals surface area contributed by atoms with Crippen LogP contribution in [0.3, 0.4) is 0 Å². The lowest BCUT2D eigenvalue weighted by molar-refractivity contribution is -0.123. The smallest absolute Gasteiger partial charge is 0.262 e. The summed E-state index contributed by atoms with van der Waals surface area (Å²) in [4.78, 5) is 31.1. The average molecular weight is 363 g/mol. The predicted octanol–water partition coefficient (Wildman–Crippen LogP) is 2.17. The summed E-state index contributed by atoms with van der Waals surface area (Å²) in [7, 11) is 3.93. The van der Waals surface area contributed by atoms with Gasteiger partial charge in [-0.3, -0.25) is 14.2 Å². The predicted molar refractivity (Wildman–Crippen MR) is 107 cm³/mol. The van der Waals surface area contributed by atoms with Crippen LogP contribution in [0.2, 0.25) is 0 Å². The van der Waals surface area contributed by atoms with E-state index in [0.717, 1.165) is 11.3 Å². The van der Waals surface area contributed by atoms with E-state index in [-0.39, 0.29) is 5.56 Å². The number of para-hydroxylation sites is 1. The molecule has 7 heteroatoms. The Morgan fingerprint density at radius 2 is 1.89 bits per heavy atom. The van der Waals surface area contributed by atoms with Crippen LogP contribution in [0.5, 0.6) is 0 Å². The molecular formula is C20H21N5O2. The zero-order valence-corrected chi connectivity index (χ0v) is 15.5. The number of hydrogen-bond donors (Lipinski definition) is 1. The maximum absolute atomic E-state index is 12.6. The standard InChI is InChI=1S/C20H21N5O2/c1-14(25-13-21-18-7-5-4-6-17(18)20(25)27)19(26)23-22-12-15-8-10-16(11-9-15)24(2)3/h4-14H,1-3H3,(H,23,26)/b22-12+/t14-/m1/s1. The Labute approximate surface area is 157 Å². The Balaban J connectivity index is 1.71. The van der Waals surface area contributed by atoms with E-state index in [1.54, 1.807) is 31.3 Å². The van der Waals surface area contributed by atoms with Crippen LogP contribution >= 0.6 is 0 Å². The minimum absolute atomic E-state index is 0.258. The molecule has 27 heavy (non-hydrogen) atoms. The van der Waals surface area contributed by atoms with Gasteiger partial charge in [-0.15, -0.1) is 0 Å². The first-order valence-electron chi connectivity index (χ1n) is 8.53. The third-order valence-corrected chi connectivity index (χ3v) is 4.28. The van der Waals surface area contributed by atoms with Gasteiger partial charge < -0.3 is 4.90 Å². The summed E-state index contributed by atoms with van der Waals surface area (Å²) in [5.41, 5.74) is 4.76. The number of carbonyl (C=O) groups is 1. The summed E-state index contributed by atoms with van der Waals surface area (Å²) in [6, 6.07) is 14.1. The minimum Gasteiger partial charge on any atom is -0.378 e. The molecule has 7 nitrogen and oxygen atoms in total. The number of carbonyl (C=O) groups excluding carboxylic acids is 1. The molecule has 0 aliphatic heterocycles. The van der Waals surface area contributed by atoms with E-state index in [9.17, 15) is 9.59 Å². The highest BCUT2D eigenvalue weighted by Crippen LogP contribution is 2.11. The van der Waals surface area contributed by atoms with Crippen LogP contribution in [-0.2, 0) is 4.79 Å². The molecule has 1 N–H and O–H groups in total. The second-order valence-electron chi connectivity index (χ2n) is 6.37. The molecule has 0 saturated carbocycles. The van der Waals surface area contributed by atoms with Crippen LogP contribution in [0, 0.1) is 0 Å². The van der Waals surface area contributed by atoms with E-state index >= 15 is 0 Å². The van der Waals surface area contributed by atoms with E-state index in [0.29, 0.717) is 10.9 Å². The molecule has 3 aromatic rings. The molecule has 1 heterocycles. The monoisotopic (exact) mass is 363 g/mol. The molecule has 0 radical (unpaired) electrons. The fourth-order valence-corrected chi connectivity index (χ4v) is 2.61. The highest BCUT2D eigenvalue weighted by molar-refractivity contribution is 5.84. The van der Waals surface area contributed by atoms with E-state index in [1.807, 2.05) is 49.3 Å². The Morgan fingerprint density at radius 3 is 2.59 bits per heavy atom. The lowest BCUT2D eigenvalue weighted by Gasteiger charge is -2.13. The highest BCUT2D eigenvalue weighted by atomic mass is 16.2. The summed E-state index contributed by atoms with van der Waals surface area (Å²) in [5.74, 6) is -0.393. The van der Waals surface area contributed by atoms with E-state index in [2.05, 4.69) is 15.5 Å². The second-order valence-corrected chi connectivity index (χ2v) is 6.37. The normalized spacial score (nSPS) is 12.3. The molecule has 1 atom stereocenters. The maximum atomic E-state index is 12.6. The van der Waals surface area contributed by atoms with Crippen molar-refractivity contribution in [2.75, 3.05) is 19.0 Å². The van der Waals surface area contributed by atoms with Gasteiger partial charge in [-0.25, -0.2) is 10.4 Å². The number of rotatable bonds is 5. The Kier molecular flexibility index (Phi) is 5.30. The molecule has 0 unspecified atom stereocenters. The summed E-state index contributed by atoms with van der Waals surface area (Å²) in [5, 5.41) is 4.46. The average Bonchev–Trinajstić information content (AvgIpc) is 2.68. The Hall–Kier alpha value is -3.48. The van der Waals surface area contributed by atoms with Gasteiger partial charge in [0, 0.05) is 19.8 Å². The summed E-state index contributed by atoms with van der Waals surface area (Å²) in [6.07, 6.45) is 2.95. The first-order chi connectivity index (χ1) is 13.0. The van der Waals surface area contributed by atoms with Gasteiger partial charge >= 0.3 is 0 Å². The molecule has 0 bridgehead atoms. The summed E-state index contributed by atoms with van der Waals surface area (Å²) >= 11 is 0. The molecule has 0 aliphatic rings. The van der Waals surface area contributed by atoms with Gasteiger partial charge in [0.2, 0.25) is 0 Å². The molecule has 0 spiro atoms. The van der Waals surface area contributed by atoms with Crippen LogP contribution in [0.25, 0.3) is 10.9 Å². The summed E-state index contributed by atoms with van der Waals surface area (Å²) < 4.78 is 1.30. The summed E-state index contributed by atoms with van der Waals surface area (Å²) in [6.45, 7) is 1.63. The van der Waals surface area contributed by atoms with Crippen molar-refractivity contribution < 1.29 is 4.79 Å². The van der Waals surface area contributed by atoms with E-state index in [4.69, 9.17) is 0 Å². The van der Waals surface area contributed by atoms with Gasteiger partial charge in [0.05, 0.1) is 23.4 Å². The number of amides is 1. The SMILES string of the molecule is C[C@H](C(=O)N/N=C/c1ccc(N(C)C)cc1)n1cnc2ccccc2c1=O. The molecule has 3 rings (SSSR count). The third-order valence-electron chi connectivity index (χ3n) is 4.28. The fraction of sp³-hybridized carbons (Fsp3) is 0.200. The molecular weight excluding hydrogens is 342 g/mol. The Bertz CT molecular complexity index is 1040. The van der Waals surface area contributed by atoms with Crippen molar-refractivity contribution in [1.29, 1.82) is 0 Å². The fourth-order valence-electron chi connectivity index (χ4n) is 2.61. The van der Waals surface area contributed by atoms with Gasteiger partial charge in [-0.05, 0) is 36.8 Å². The first kappa shape index (κ1) is 18.3. The number of benzene rings is 2. The topological polar surface area (TPSA) is 79.6 Å². The third kappa shape index (κ3) is 4.03. The highest BCUT2D eigenvalue weighted by Gasteiger charge is 2.17. The molecule has 0 aliphatic carbocycles. The lowest BCUT2D eigenvalue weighted by Crippen LogP contribution is -2.33. The van der Waals surface area contributed by atoms with Crippen LogP contribution < -0.4 is 15.9 Å². The van der Waals surface area contributed by atoms with Crippen molar-refractivity contribution in [2.24, 2.45) is 5.10 Å². The van der Waals surface area contributed by atoms with Crippen LogP contribution in [0.1, 0.15) is 18.5 Å². The zero-order chi connectivity index (χ0) is 19.4. The Morgan fingerprint density at radius 1 is 1.19 bits per heavy atom. The largest absolute Gasteiger partial charge is 0.378 e. The number of nitrogens with one attached hydrogen (secondary N) is 1. The van der Waals surface area contributed by atoms with Crippen molar-refractivity contribution in [2.45, 2.75) is 13.0 Å². The maximum Gasteiger partial charge on any atom is 0.262 e. The molecule has 2 aromatic carbocycles. The van der Waals surface area contributed by atoms with Crippen LogP contribution in [0.4, 0.5) is 5.69 Å². The number of aromatic nitrogens is 2. The molecule has 1 amide bonds. The lowest BCUT2D eigenvalue weighted by atomic mass is 10.2. The molecule has 0 fully saturated rings. The number of fused-ring (bicyclic) bond motifs is 1. The number of anilines is 1. The van der Waals surface area contributed by atoms with Gasteiger partial charge in [-0.1, -0.05) is 24.3 Å². The molecule has 0 saturated heterocycles. The number of hydrazone groups is 1. The van der Waals surface area contributed by atoms with Crippen LogP contribution in [-0.4, -0.2) is 35.8 Å². The van der Waals surface area contributed by atoms with Gasteiger partial charge in [-0.2, -0.15) is 5.10 Å². The number of nitrogens with zero attached hydrogens (tertiary/aromatic N) is 4. The van der Waals surface area contributed by atoms with Gasteiger partial charge in [0.1, 0.15) is 6.04 Å². The van der Waals surface area contributed by atoms with Crippen LogP contribution in [0.15, 0.2) is 64.8 Å². The molecule has 138 valence electrons. The van der Waals surface area contributed by atoms with Crippen molar-refractivity contribution in [1.82, 2.24) is 15.0 Å². The van der Waals surface area contributed by atoms with Crippen molar-refractivity contribution in [3.05, 3.63) is 70.8 Å². The minimum atomic E-state index is -0.733. The first-order valence-corrected chi connectivity index (χ1v) is 8.53. The number of hydrogen-bond acceptors (Lipinski definition) is 5. The quantitative estimate of drug-likeness (QED) is 0.557. The zero-order valence-electron chi connectivity index (χ0n) is 15.5. The van der Waals surface area contributed by atoms with Crippen molar-refractivity contribution >= 4 is 28.7 Å². The molecule has 1 aromatic heterocycles. The second kappa shape index (κ2) is 7.82. The van der Waals surface area contributed by atoms with E-state index < -0.39 is 11.9 Å². The van der Waals surface area contributed by atoms with Crippen molar-refractivity contribution in [3.63, 3.8) is 0 Å². The van der Waals surface area contributed by atoms with E-state index in [1.165, 1.54) is 10.9 Å².